The number of carboxylic acid groups (broad SMARTS) is 1. The Labute approximate surface area is 198 Å². The summed E-state index contributed by atoms with van der Waals surface area (Å²) in [5.74, 6) is -2.08. The third-order valence-electron chi connectivity index (χ3n) is 4.58. The van der Waals surface area contributed by atoms with E-state index in [4.69, 9.17) is 9.47 Å². The first-order chi connectivity index (χ1) is 15.8. The van der Waals surface area contributed by atoms with Crippen LogP contribution in [-0.2, 0) is 16.9 Å². The Hall–Kier alpha value is -2.86. The van der Waals surface area contributed by atoms with Crippen molar-refractivity contribution in [2.45, 2.75) is 36.1 Å². The third kappa shape index (κ3) is 5.79. The number of thiazole rings is 1. The highest BCUT2D eigenvalue weighted by atomic mass is 32.2. The van der Waals surface area contributed by atoms with Crippen LogP contribution in [0, 0.1) is 13.8 Å². The van der Waals surface area contributed by atoms with Crippen LogP contribution >= 0.6 is 22.2 Å². The number of halogens is 5. The molecular weight excluding hydrogens is 501 g/mol. The van der Waals surface area contributed by atoms with Gasteiger partial charge in [0.15, 0.2) is 16.9 Å². The first-order valence-corrected chi connectivity index (χ1v) is 11.8. The number of hydrogen-bond acceptors (Lipinski definition) is 6. The van der Waals surface area contributed by atoms with Crippen LogP contribution in [0.2, 0.25) is 0 Å². The molecule has 3 rings (SSSR count). The lowest BCUT2D eigenvalue weighted by molar-refractivity contribution is -0.320. The van der Waals surface area contributed by atoms with Gasteiger partial charge in [0.05, 0.1) is 23.9 Å². The molecule has 0 spiro atoms. The van der Waals surface area contributed by atoms with Crippen molar-refractivity contribution < 1.29 is 41.3 Å². The lowest BCUT2D eigenvalue weighted by Gasteiger charge is -2.19. The fourth-order valence-electron chi connectivity index (χ4n) is 2.95. The molecule has 5 nitrogen and oxygen atoms in total. The van der Waals surface area contributed by atoms with E-state index in [0.717, 1.165) is 12.1 Å². The van der Waals surface area contributed by atoms with E-state index in [0.29, 0.717) is 21.8 Å². The molecule has 0 amide bonds. The molecular formula is C22H18F5NO4S2. The molecule has 0 aliphatic heterocycles. The number of thioether (sulfide) groups is 1. The monoisotopic (exact) mass is 519 g/mol. The Morgan fingerprint density at radius 3 is 2.29 bits per heavy atom. The zero-order valence-electron chi connectivity index (χ0n) is 18.0. The van der Waals surface area contributed by atoms with Crippen molar-refractivity contribution in [3.05, 3.63) is 58.6 Å². The minimum Gasteiger partial charge on any atom is -0.543 e. The van der Waals surface area contributed by atoms with E-state index in [1.54, 1.807) is 6.92 Å². The Kier molecular flexibility index (Phi) is 7.41. The average molecular weight is 520 g/mol. The van der Waals surface area contributed by atoms with Gasteiger partial charge in [-0.3, -0.25) is 0 Å². The maximum atomic E-state index is 13.6. The minimum atomic E-state index is -4.45. The number of aromatic nitrogens is 1. The zero-order chi connectivity index (χ0) is 25.3. The Morgan fingerprint density at radius 2 is 1.74 bits per heavy atom. The fourth-order valence-corrected chi connectivity index (χ4v) is 5.40. The van der Waals surface area contributed by atoms with Crippen LogP contribution in [0.25, 0.3) is 10.6 Å². The first-order valence-electron chi connectivity index (χ1n) is 9.56. The molecule has 0 radical (unpaired) electrons. The van der Waals surface area contributed by atoms with Crippen molar-refractivity contribution in [2.24, 2.45) is 0 Å². The summed E-state index contributed by atoms with van der Waals surface area (Å²) in [6.45, 7) is 3.27. The number of carbonyl (C=O) groups excluding carboxylic acids is 1. The van der Waals surface area contributed by atoms with E-state index in [2.05, 4.69) is 4.98 Å². The van der Waals surface area contributed by atoms with Gasteiger partial charge in [-0.25, -0.2) is 0 Å². The molecule has 0 N–H and O–H groups in total. The summed E-state index contributed by atoms with van der Waals surface area (Å²) >= 11 is -0.175. The number of alkyl halides is 5. The van der Waals surface area contributed by atoms with Crippen LogP contribution in [0.1, 0.15) is 16.8 Å². The average Bonchev–Trinajstić information content (AvgIpc) is 3.13. The molecule has 1 heterocycles. The van der Waals surface area contributed by atoms with Gasteiger partial charge >= 0.3 is 11.4 Å². The van der Waals surface area contributed by atoms with Crippen LogP contribution in [0.3, 0.4) is 0 Å². The van der Waals surface area contributed by atoms with Crippen molar-refractivity contribution in [3.8, 4) is 22.1 Å². The molecule has 3 aromatic rings. The smallest absolute Gasteiger partial charge is 0.416 e. The van der Waals surface area contributed by atoms with Crippen LogP contribution in [0.5, 0.6) is 11.5 Å². The molecule has 0 saturated carbocycles. The molecule has 12 heteroatoms. The van der Waals surface area contributed by atoms with Crippen molar-refractivity contribution in [3.63, 3.8) is 0 Å². The predicted molar refractivity (Wildman–Crippen MR) is 116 cm³/mol. The molecule has 1 aromatic heterocycles. The van der Waals surface area contributed by atoms with Gasteiger partial charge in [0.2, 0.25) is 0 Å². The summed E-state index contributed by atoms with van der Waals surface area (Å²) in [5.41, 5.74) is 0.770. The topological polar surface area (TPSA) is 71.5 Å². The molecule has 0 aliphatic carbocycles. The molecule has 1 atom stereocenters. The summed E-state index contributed by atoms with van der Waals surface area (Å²) in [5, 5.41) is 8.90. The molecule has 0 fully saturated rings. The van der Waals surface area contributed by atoms with Gasteiger partial charge in [-0.1, -0.05) is 0 Å². The second kappa shape index (κ2) is 9.79. The number of ether oxygens (including phenoxy) is 2. The predicted octanol–water partition coefficient (Wildman–Crippen LogP) is 5.61. The lowest BCUT2D eigenvalue weighted by atomic mass is 10.1. The summed E-state index contributed by atoms with van der Waals surface area (Å²) in [6, 6.07) is 7.36. The van der Waals surface area contributed by atoms with Gasteiger partial charge in [0.25, 0.3) is 10.9 Å². The molecule has 182 valence electrons. The maximum absolute atomic E-state index is 13.6. The number of aliphatic carboxylic acids is 1. The van der Waals surface area contributed by atoms with E-state index in [1.807, 2.05) is 5.38 Å². The number of carboxylic acids is 1. The number of hydrogen-bond donors (Lipinski definition) is 0. The van der Waals surface area contributed by atoms with E-state index < -0.39 is 33.4 Å². The molecule has 0 saturated heterocycles. The van der Waals surface area contributed by atoms with Gasteiger partial charge < -0.3 is 19.4 Å². The van der Waals surface area contributed by atoms with Gasteiger partial charge in [-0.15, -0.1) is 0 Å². The lowest BCUT2D eigenvalue weighted by Crippen LogP contribution is -2.38. The Morgan fingerprint density at radius 1 is 1.09 bits per heavy atom. The number of rotatable bonds is 8. The highest BCUT2D eigenvalue weighted by Gasteiger charge is 2.34. The first kappa shape index (κ1) is 25.8. The van der Waals surface area contributed by atoms with Gasteiger partial charge in [-0.05, 0) is 67.6 Å². The van der Waals surface area contributed by atoms with Crippen molar-refractivity contribution in [1.29, 1.82) is 0 Å². The third-order valence-corrected chi connectivity index (χ3v) is 7.48. The zero-order valence-corrected chi connectivity index (χ0v) is 19.7. The maximum Gasteiger partial charge on any atom is 0.416 e. The van der Waals surface area contributed by atoms with Crippen molar-refractivity contribution in [1.82, 2.24) is 4.98 Å². The Bertz CT molecular complexity index is 1190. The molecule has 0 bridgehead atoms. The number of benzene rings is 2. The van der Waals surface area contributed by atoms with Gasteiger partial charge in [-0.2, -0.15) is 26.9 Å². The highest BCUT2D eigenvalue weighted by Crippen LogP contribution is 2.43. The largest absolute Gasteiger partial charge is 0.543 e. The normalized spacial score (nSPS) is 12.5. The molecule has 0 aliphatic rings. The van der Waals surface area contributed by atoms with E-state index >= 15 is 0 Å². The van der Waals surface area contributed by atoms with Crippen molar-refractivity contribution in [2.75, 3.05) is 7.11 Å². The highest BCUT2D eigenvalue weighted by molar-refractivity contribution is 8.01. The Balaban J connectivity index is 1.85. The van der Waals surface area contributed by atoms with Crippen LogP contribution < -0.4 is 14.6 Å². The number of aryl methyl sites for hydroxylation is 2. The van der Waals surface area contributed by atoms with E-state index in [-0.39, 0.29) is 34.1 Å². The van der Waals surface area contributed by atoms with Gasteiger partial charge in [0.1, 0.15) is 5.97 Å². The fraction of sp³-hybridized carbons (Fsp3) is 0.273. The van der Waals surface area contributed by atoms with Crippen molar-refractivity contribution >= 4 is 28.2 Å². The van der Waals surface area contributed by atoms with Crippen LogP contribution in [-0.4, -0.2) is 23.3 Å². The van der Waals surface area contributed by atoms with E-state index in [1.165, 1.54) is 38.3 Å². The summed E-state index contributed by atoms with van der Waals surface area (Å²) in [6.07, 6.45) is -4.45. The summed E-state index contributed by atoms with van der Waals surface area (Å²) < 4.78 is 76.8. The molecule has 1 unspecified atom stereocenters. The number of nitrogens with zero attached hydrogens (tertiary/aromatic N) is 1. The SMILES string of the molecule is COc1cc(SC(F)(F)C(=O)[O-])c(C)cc1OC[s+]1cc(C)nc1-c1ccc(C(F)(F)F)cc1. The second-order valence-electron chi connectivity index (χ2n) is 7.12. The minimum absolute atomic E-state index is 0.0236. The number of carbonyl (C=O) groups is 1. The van der Waals surface area contributed by atoms with Gasteiger partial charge in [0, 0.05) is 15.4 Å². The standard InChI is InChI=1S/C22H18F5NO4S2/c1-12-8-17(16(31-3)9-18(12)33-22(26,27)20(29)30)32-11-34-10-13(2)28-19(34)14-4-6-15(7-5-14)21(23,24)25/h4-10H,11H2,1-3H3. The van der Waals surface area contributed by atoms with Crippen LogP contribution in [0.4, 0.5) is 22.0 Å². The second-order valence-corrected chi connectivity index (χ2v) is 9.99. The molecule has 34 heavy (non-hydrogen) atoms. The quantitative estimate of drug-likeness (QED) is 0.219. The van der Waals surface area contributed by atoms with E-state index in [9.17, 15) is 31.9 Å². The summed E-state index contributed by atoms with van der Waals surface area (Å²) in [7, 11) is 0.604. The summed E-state index contributed by atoms with van der Waals surface area (Å²) in [4.78, 5) is 15.0. The number of methoxy groups -OCH3 is 1. The molecule has 2 aromatic carbocycles. The van der Waals surface area contributed by atoms with Crippen LogP contribution in [0.15, 0.2) is 46.7 Å².